The normalized spacial score (nSPS) is 17.8. The summed E-state index contributed by atoms with van der Waals surface area (Å²) >= 11 is 0. The Hall–Kier alpha value is -1.15. The van der Waals surface area contributed by atoms with Crippen molar-refractivity contribution in [2.45, 2.75) is 45.2 Å². The summed E-state index contributed by atoms with van der Waals surface area (Å²) in [4.78, 5) is 2.38. The molecule has 0 radical (unpaired) electrons. The van der Waals surface area contributed by atoms with Crippen molar-refractivity contribution in [3.63, 3.8) is 0 Å². The zero-order valence-electron chi connectivity index (χ0n) is 15.7. The molecule has 0 bridgehead atoms. The van der Waals surface area contributed by atoms with Crippen LogP contribution in [-0.2, 0) is 10.2 Å². The van der Waals surface area contributed by atoms with Gasteiger partial charge in [-0.1, -0.05) is 18.6 Å². The standard InChI is InChI=1S/C18H31N3O3S/c1-15(2)20(3)25(22,23)19-14-18(21-12-6-5-7-13-21)16-8-10-17(24-4)11-9-16/h8-11,15,18-19H,5-7,12-14H2,1-4H3/t18-/m0/s1. The van der Waals surface area contributed by atoms with Crippen molar-refractivity contribution in [2.24, 2.45) is 0 Å². The number of rotatable bonds is 8. The zero-order chi connectivity index (χ0) is 18.4. The number of nitrogens with one attached hydrogen (secondary N) is 1. The van der Waals surface area contributed by atoms with Gasteiger partial charge in [0.1, 0.15) is 5.75 Å². The molecule has 2 rings (SSSR count). The van der Waals surface area contributed by atoms with Crippen LogP contribution in [0.3, 0.4) is 0 Å². The number of benzene rings is 1. The van der Waals surface area contributed by atoms with E-state index in [1.165, 1.54) is 10.7 Å². The molecule has 0 aromatic heterocycles. The van der Waals surface area contributed by atoms with Gasteiger partial charge in [-0.15, -0.1) is 0 Å². The molecule has 0 saturated carbocycles. The lowest BCUT2D eigenvalue weighted by molar-refractivity contribution is 0.164. The summed E-state index contributed by atoms with van der Waals surface area (Å²) in [5, 5.41) is 0. The second-order valence-corrected chi connectivity index (χ2v) is 8.66. The third-order valence-corrected chi connectivity index (χ3v) is 6.61. The van der Waals surface area contributed by atoms with Crippen LogP contribution >= 0.6 is 0 Å². The van der Waals surface area contributed by atoms with E-state index >= 15 is 0 Å². The highest BCUT2D eigenvalue weighted by molar-refractivity contribution is 7.87. The molecule has 1 atom stereocenters. The van der Waals surface area contributed by atoms with Gasteiger partial charge in [0.2, 0.25) is 0 Å². The topological polar surface area (TPSA) is 61.9 Å². The highest BCUT2D eigenvalue weighted by Gasteiger charge is 2.26. The van der Waals surface area contributed by atoms with Gasteiger partial charge in [0.25, 0.3) is 10.2 Å². The van der Waals surface area contributed by atoms with E-state index in [4.69, 9.17) is 4.74 Å². The molecule has 142 valence electrons. The maximum Gasteiger partial charge on any atom is 0.279 e. The number of hydrogen-bond donors (Lipinski definition) is 1. The Balaban J connectivity index is 2.16. The molecule has 1 fully saturated rings. The number of likely N-dealkylation sites (tertiary alicyclic amines) is 1. The van der Waals surface area contributed by atoms with Gasteiger partial charge >= 0.3 is 0 Å². The number of methoxy groups -OCH3 is 1. The van der Waals surface area contributed by atoms with Gasteiger partial charge in [-0.3, -0.25) is 4.90 Å². The van der Waals surface area contributed by atoms with E-state index in [0.717, 1.165) is 37.2 Å². The summed E-state index contributed by atoms with van der Waals surface area (Å²) < 4.78 is 34.3. The molecule has 0 spiro atoms. The Morgan fingerprint density at radius 2 is 1.76 bits per heavy atom. The van der Waals surface area contributed by atoms with Crippen LogP contribution in [0, 0.1) is 0 Å². The van der Waals surface area contributed by atoms with E-state index in [2.05, 4.69) is 9.62 Å². The van der Waals surface area contributed by atoms with E-state index in [1.807, 2.05) is 38.1 Å². The Bertz CT molecular complexity index is 625. The van der Waals surface area contributed by atoms with Crippen LogP contribution in [0.4, 0.5) is 0 Å². The van der Waals surface area contributed by atoms with Crippen molar-refractivity contribution in [2.75, 3.05) is 33.8 Å². The number of hydrogen-bond acceptors (Lipinski definition) is 4. The first-order chi connectivity index (χ1) is 11.8. The molecule has 1 aliphatic rings. The molecule has 0 unspecified atom stereocenters. The van der Waals surface area contributed by atoms with Crippen LogP contribution in [0.25, 0.3) is 0 Å². The first-order valence-electron chi connectivity index (χ1n) is 8.96. The summed E-state index contributed by atoms with van der Waals surface area (Å²) in [6.07, 6.45) is 3.56. The number of piperidine rings is 1. The smallest absolute Gasteiger partial charge is 0.279 e. The molecule has 7 heteroatoms. The fourth-order valence-corrected chi connectivity index (χ4v) is 4.20. The summed E-state index contributed by atoms with van der Waals surface area (Å²) in [7, 11) is -0.229. The lowest BCUT2D eigenvalue weighted by atomic mass is 10.0. The van der Waals surface area contributed by atoms with E-state index in [0.29, 0.717) is 6.54 Å². The van der Waals surface area contributed by atoms with Crippen LogP contribution in [0.5, 0.6) is 5.75 Å². The maximum atomic E-state index is 12.5. The van der Waals surface area contributed by atoms with Crippen molar-refractivity contribution in [3.05, 3.63) is 29.8 Å². The minimum atomic E-state index is -3.48. The minimum Gasteiger partial charge on any atom is -0.497 e. The van der Waals surface area contributed by atoms with Gasteiger partial charge in [0.15, 0.2) is 0 Å². The number of nitrogens with zero attached hydrogens (tertiary/aromatic N) is 2. The van der Waals surface area contributed by atoms with Crippen LogP contribution < -0.4 is 9.46 Å². The van der Waals surface area contributed by atoms with E-state index in [-0.39, 0.29) is 12.1 Å². The lowest BCUT2D eigenvalue weighted by Gasteiger charge is -2.35. The monoisotopic (exact) mass is 369 g/mol. The molecule has 1 heterocycles. The molecule has 1 aromatic carbocycles. The Labute approximate surface area is 152 Å². The summed E-state index contributed by atoms with van der Waals surface area (Å²) in [5.74, 6) is 0.807. The Morgan fingerprint density at radius 1 is 1.16 bits per heavy atom. The van der Waals surface area contributed by atoms with Crippen LogP contribution in [0.1, 0.15) is 44.7 Å². The zero-order valence-corrected chi connectivity index (χ0v) is 16.6. The van der Waals surface area contributed by atoms with Gasteiger partial charge < -0.3 is 4.74 Å². The third kappa shape index (κ3) is 5.41. The van der Waals surface area contributed by atoms with E-state index in [9.17, 15) is 8.42 Å². The Morgan fingerprint density at radius 3 is 2.28 bits per heavy atom. The van der Waals surface area contributed by atoms with Gasteiger partial charge in [-0.2, -0.15) is 12.7 Å². The Kier molecular flexibility index (Phi) is 7.25. The van der Waals surface area contributed by atoms with Gasteiger partial charge in [-0.25, -0.2) is 4.72 Å². The SMILES string of the molecule is COc1ccc([C@H](CNS(=O)(=O)N(C)C(C)C)N2CCCCC2)cc1. The average molecular weight is 370 g/mol. The third-order valence-electron chi connectivity index (χ3n) is 4.90. The molecule has 25 heavy (non-hydrogen) atoms. The van der Waals surface area contributed by atoms with Crippen molar-refractivity contribution in [3.8, 4) is 5.75 Å². The van der Waals surface area contributed by atoms with Gasteiger partial charge in [0, 0.05) is 25.7 Å². The van der Waals surface area contributed by atoms with Crippen molar-refractivity contribution in [1.82, 2.24) is 13.9 Å². The summed E-state index contributed by atoms with van der Waals surface area (Å²) in [5.41, 5.74) is 1.11. The molecule has 1 aromatic rings. The largest absolute Gasteiger partial charge is 0.497 e. The van der Waals surface area contributed by atoms with Crippen LogP contribution in [0.15, 0.2) is 24.3 Å². The molecule has 1 N–H and O–H groups in total. The molecule has 1 aliphatic heterocycles. The summed E-state index contributed by atoms with van der Waals surface area (Å²) in [6, 6.07) is 7.87. The molecule has 6 nitrogen and oxygen atoms in total. The highest BCUT2D eigenvalue weighted by Crippen LogP contribution is 2.26. The summed E-state index contributed by atoms with van der Waals surface area (Å²) in [6.45, 7) is 6.10. The predicted molar refractivity (Wildman–Crippen MR) is 101 cm³/mol. The van der Waals surface area contributed by atoms with Crippen molar-refractivity contribution in [1.29, 1.82) is 0 Å². The number of ether oxygens (including phenoxy) is 1. The molecule has 0 aliphatic carbocycles. The van der Waals surface area contributed by atoms with Crippen LogP contribution in [-0.4, -0.2) is 57.5 Å². The molecule has 0 amide bonds. The predicted octanol–water partition coefficient (Wildman–Crippen LogP) is 2.40. The fraction of sp³-hybridized carbons (Fsp3) is 0.667. The highest BCUT2D eigenvalue weighted by atomic mass is 32.2. The first-order valence-corrected chi connectivity index (χ1v) is 10.4. The molecule has 1 saturated heterocycles. The molecular weight excluding hydrogens is 338 g/mol. The maximum absolute atomic E-state index is 12.5. The van der Waals surface area contributed by atoms with E-state index < -0.39 is 10.2 Å². The van der Waals surface area contributed by atoms with E-state index in [1.54, 1.807) is 14.2 Å². The fourth-order valence-electron chi connectivity index (χ4n) is 3.08. The van der Waals surface area contributed by atoms with Gasteiger partial charge in [0.05, 0.1) is 7.11 Å². The quantitative estimate of drug-likeness (QED) is 0.764. The first kappa shape index (κ1) is 20.2. The lowest BCUT2D eigenvalue weighted by Crippen LogP contribution is -2.46. The van der Waals surface area contributed by atoms with Crippen molar-refractivity contribution < 1.29 is 13.2 Å². The van der Waals surface area contributed by atoms with Crippen LogP contribution in [0.2, 0.25) is 0 Å². The average Bonchev–Trinajstić information content (AvgIpc) is 2.62. The molecular formula is C18H31N3O3S. The minimum absolute atomic E-state index is 0.0292. The second kappa shape index (κ2) is 8.98. The van der Waals surface area contributed by atoms with Gasteiger partial charge in [-0.05, 0) is 57.5 Å². The second-order valence-electron chi connectivity index (χ2n) is 6.85. The van der Waals surface area contributed by atoms with Crippen molar-refractivity contribution >= 4 is 10.2 Å².